The molecule has 3 unspecified atom stereocenters. The van der Waals surface area contributed by atoms with Crippen LogP contribution in [0.15, 0.2) is 35.3 Å². The molecule has 3 atom stereocenters. The van der Waals surface area contributed by atoms with E-state index in [2.05, 4.69) is 24.2 Å². The van der Waals surface area contributed by atoms with Crippen LogP contribution in [0.5, 0.6) is 0 Å². The molecule has 102 valence electrons. The molecule has 1 saturated heterocycles. The summed E-state index contributed by atoms with van der Waals surface area (Å²) in [6, 6.07) is 10.2. The minimum Gasteiger partial charge on any atom is -0.377 e. The first kappa shape index (κ1) is 12.5. The number of fused-ring (bicyclic) bond motifs is 1. The van der Waals surface area contributed by atoms with E-state index >= 15 is 0 Å². The van der Waals surface area contributed by atoms with Crippen LogP contribution in [0.25, 0.3) is 0 Å². The molecule has 1 aliphatic carbocycles. The fourth-order valence-corrected chi connectivity index (χ4v) is 3.41. The maximum Gasteiger partial charge on any atom is 0.193 e. The number of hydrogen-bond donors (Lipinski definition) is 2. The Bertz CT molecular complexity index is 483. The number of para-hydroxylation sites is 1. The zero-order chi connectivity index (χ0) is 13.5. The minimum atomic E-state index is 0.0875. The predicted octanol–water partition coefficient (Wildman–Crippen LogP) is 2.23. The molecule has 2 aliphatic rings. The van der Waals surface area contributed by atoms with E-state index in [1.807, 2.05) is 30.3 Å². The molecule has 1 saturated carbocycles. The fraction of sp³-hybridized carbons (Fsp3) is 0.533. The van der Waals surface area contributed by atoms with E-state index < -0.39 is 0 Å². The standard InChI is InChI=1S/C15H21N3O/c1-15(2)12(11-8-9-19-13(11)15)18-14(16)17-10-6-4-3-5-7-10/h3-7,11-13H,8-9H2,1-2H3,(H3,16,17,18). The van der Waals surface area contributed by atoms with Crippen molar-refractivity contribution in [2.75, 3.05) is 11.9 Å². The highest BCUT2D eigenvalue weighted by atomic mass is 16.5. The monoisotopic (exact) mass is 259 g/mol. The highest BCUT2D eigenvalue weighted by Crippen LogP contribution is 2.53. The zero-order valence-electron chi connectivity index (χ0n) is 11.5. The van der Waals surface area contributed by atoms with Gasteiger partial charge in [0.25, 0.3) is 0 Å². The minimum absolute atomic E-state index is 0.0875. The van der Waals surface area contributed by atoms with Gasteiger partial charge in [0.05, 0.1) is 12.1 Å². The average Bonchev–Trinajstić information content (AvgIpc) is 2.84. The van der Waals surface area contributed by atoms with Crippen LogP contribution in [0.2, 0.25) is 0 Å². The predicted molar refractivity (Wildman–Crippen MR) is 77.1 cm³/mol. The summed E-state index contributed by atoms with van der Waals surface area (Å²) < 4.78 is 5.77. The number of nitrogens with zero attached hydrogens (tertiary/aromatic N) is 1. The molecule has 1 heterocycles. The van der Waals surface area contributed by atoms with Crippen molar-refractivity contribution in [1.29, 1.82) is 0 Å². The third-order valence-electron chi connectivity index (χ3n) is 4.36. The Balaban J connectivity index is 1.71. The summed E-state index contributed by atoms with van der Waals surface area (Å²) in [7, 11) is 0. The maximum atomic E-state index is 6.02. The molecule has 0 bridgehead atoms. The van der Waals surface area contributed by atoms with E-state index in [-0.39, 0.29) is 11.5 Å². The lowest BCUT2D eigenvalue weighted by atomic mass is 9.57. The molecule has 3 N–H and O–H groups in total. The normalized spacial score (nSPS) is 32.5. The Morgan fingerprint density at radius 3 is 2.84 bits per heavy atom. The van der Waals surface area contributed by atoms with Gasteiger partial charge in [-0.05, 0) is 18.6 Å². The van der Waals surface area contributed by atoms with Gasteiger partial charge in [-0.1, -0.05) is 32.0 Å². The zero-order valence-corrected chi connectivity index (χ0v) is 11.5. The number of ether oxygens (including phenoxy) is 1. The first-order valence-corrected chi connectivity index (χ1v) is 6.86. The third kappa shape index (κ3) is 2.10. The number of hydrogen-bond acceptors (Lipinski definition) is 2. The number of guanidine groups is 1. The summed E-state index contributed by atoms with van der Waals surface area (Å²) in [5.74, 6) is 1.03. The van der Waals surface area contributed by atoms with Crippen molar-refractivity contribution in [1.82, 2.24) is 0 Å². The Morgan fingerprint density at radius 2 is 2.11 bits per heavy atom. The van der Waals surface area contributed by atoms with Gasteiger partial charge >= 0.3 is 0 Å². The van der Waals surface area contributed by atoms with Gasteiger partial charge in [-0.15, -0.1) is 0 Å². The van der Waals surface area contributed by atoms with Gasteiger partial charge in [0, 0.05) is 23.6 Å². The van der Waals surface area contributed by atoms with Crippen LogP contribution < -0.4 is 11.1 Å². The molecule has 0 radical (unpaired) electrons. The van der Waals surface area contributed by atoms with Crippen LogP contribution >= 0.6 is 0 Å². The Hall–Kier alpha value is -1.55. The SMILES string of the molecule is CC1(C)C(N=C(N)Nc2ccccc2)C2CCOC21. The number of nitrogens with two attached hydrogens (primary N) is 1. The highest BCUT2D eigenvalue weighted by Gasteiger charge is 2.59. The molecular weight excluding hydrogens is 238 g/mol. The fourth-order valence-electron chi connectivity index (χ4n) is 3.41. The second kappa shape index (κ2) is 4.53. The van der Waals surface area contributed by atoms with Crippen molar-refractivity contribution in [3.05, 3.63) is 30.3 Å². The molecule has 3 rings (SSSR count). The van der Waals surface area contributed by atoms with Gasteiger partial charge in [-0.25, -0.2) is 4.99 Å². The molecule has 2 fully saturated rings. The van der Waals surface area contributed by atoms with E-state index in [4.69, 9.17) is 10.5 Å². The molecule has 1 aromatic rings. The highest BCUT2D eigenvalue weighted by molar-refractivity contribution is 5.92. The largest absolute Gasteiger partial charge is 0.377 e. The Morgan fingerprint density at radius 1 is 1.37 bits per heavy atom. The van der Waals surface area contributed by atoms with Gasteiger partial charge in [-0.3, -0.25) is 0 Å². The van der Waals surface area contributed by atoms with Gasteiger partial charge < -0.3 is 15.8 Å². The molecule has 19 heavy (non-hydrogen) atoms. The second-order valence-electron chi connectivity index (χ2n) is 6.02. The maximum absolute atomic E-state index is 6.02. The van der Waals surface area contributed by atoms with E-state index in [0.717, 1.165) is 18.7 Å². The smallest absolute Gasteiger partial charge is 0.193 e. The quantitative estimate of drug-likeness (QED) is 0.632. The Kier molecular flexibility index (Phi) is 2.97. The first-order chi connectivity index (χ1) is 9.09. The van der Waals surface area contributed by atoms with Crippen LogP contribution in [-0.2, 0) is 4.74 Å². The summed E-state index contributed by atoms with van der Waals surface area (Å²) in [6.07, 6.45) is 1.45. The molecule has 4 heteroatoms. The number of anilines is 1. The van der Waals surface area contributed by atoms with Crippen LogP contribution in [0.4, 0.5) is 5.69 Å². The summed E-state index contributed by atoms with van der Waals surface area (Å²) in [5.41, 5.74) is 7.08. The molecule has 0 amide bonds. The lowest BCUT2D eigenvalue weighted by Crippen LogP contribution is -2.59. The summed E-state index contributed by atoms with van der Waals surface area (Å²) in [5, 5.41) is 3.15. The molecule has 4 nitrogen and oxygen atoms in total. The summed E-state index contributed by atoms with van der Waals surface area (Å²) >= 11 is 0. The number of aliphatic imine (C=N–C) groups is 1. The lowest BCUT2D eigenvalue weighted by Gasteiger charge is -2.52. The van der Waals surface area contributed by atoms with E-state index in [1.165, 1.54) is 0 Å². The van der Waals surface area contributed by atoms with Crippen LogP contribution in [0, 0.1) is 11.3 Å². The Labute approximate surface area is 114 Å². The van der Waals surface area contributed by atoms with Crippen molar-refractivity contribution in [3.63, 3.8) is 0 Å². The van der Waals surface area contributed by atoms with Crippen molar-refractivity contribution in [2.24, 2.45) is 22.1 Å². The van der Waals surface area contributed by atoms with Gasteiger partial charge in [0.1, 0.15) is 0 Å². The number of rotatable bonds is 2. The van der Waals surface area contributed by atoms with E-state index in [0.29, 0.717) is 18.0 Å². The van der Waals surface area contributed by atoms with E-state index in [9.17, 15) is 0 Å². The van der Waals surface area contributed by atoms with Crippen molar-refractivity contribution in [2.45, 2.75) is 32.4 Å². The van der Waals surface area contributed by atoms with Crippen molar-refractivity contribution < 1.29 is 4.74 Å². The molecule has 1 aromatic carbocycles. The topological polar surface area (TPSA) is 59.6 Å². The summed E-state index contributed by atoms with van der Waals surface area (Å²) in [4.78, 5) is 4.68. The molecule has 0 aromatic heterocycles. The third-order valence-corrected chi connectivity index (χ3v) is 4.36. The first-order valence-electron chi connectivity index (χ1n) is 6.86. The number of benzene rings is 1. The van der Waals surface area contributed by atoms with Gasteiger partial charge in [0.2, 0.25) is 0 Å². The van der Waals surface area contributed by atoms with Crippen molar-refractivity contribution >= 4 is 11.6 Å². The van der Waals surface area contributed by atoms with Crippen LogP contribution in [-0.4, -0.2) is 24.7 Å². The van der Waals surface area contributed by atoms with Crippen LogP contribution in [0.1, 0.15) is 20.3 Å². The summed E-state index contributed by atoms with van der Waals surface area (Å²) in [6.45, 7) is 5.28. The van der Waals surface area contributed by atoms with Crippen LogP contribution in [0.3, 0.4) is 0 Å². The molecule has 0 spiro atoms. The van der Waals surface area contributed by atoms with E-state index in [1.54, 1.807) is 0 Å². The molecular formula is C15H21N3O. The number of nitrogens with one attached hydrogen (secondary N) is 1. The molecule has 1 aliphatic heterocycles. The van der Waals surface area contributed by atoms with Gasteiger partial charge in [0.15, 0.2) is 5.96 Å². The average molecular weight is 259 g/mol. The second-order valence-corrected chi connectivity index (χ2v) is 6.02. The lowest BCUT2D eigenvalue weighted by molar-refractivity contribution is -0.0985. The van der Waals surface area contributed by atoms with Gasteiger partial charge in [-0.2, -0.15) is 0 Å². The van der Waals surface area contributed by atoms with Crippen molar-refractivity contribution in [3.8, 4) is 0 Å².